The summed E-state index contributed by atoms with van der Waals surface area (Å²) < 4.78 is 2.14. The van der Waals surface area contributed by atoms with E-state index >= 15 is 0 Å². The van der Waals surface area contributed by atoms with E-state index in [9.17, 15) is 9.59 Å². The molecule has 2 aromatic carbocycles. The van der Waals surface area contributed by atoms with Crippen molar-refractivity contribution in [1.29, 1.82) is 0 Å². The van der Waals surface area contributed by atoms with Crippen LogP contribution in [0.2, 0.25) is 0 Å². The lowest BCUT2D eigenvalue weighted by molar-refractivity contribution is 0.205. The zero-order chi connectivity index (χ0) is 20.7. The third-order valence-electron chi connectivity index (χ3n) is 5.92. The van der Waals surface area contributed by atoms with Gasteiger partial charge in [-0.15, -0.1) is 0 Å². The van der Waals surface area contributed by atoms with Crippen LogP contribution in [0.25, 0.3) is 10.9 Å². The van der Waals surface area contributed by atoms with Crippen molar-refractivity contribution in [2.75, 3.05) is 11.9 Å². The van der Waals surface area contributed by atoms with E-state index < -0.39 is 0 Å². The summed E-state index contributed by atoms with van der Waals surface area (Å²) in [6.45, 7) is 7.09. The fourth-order valence-corrected chi connectivity index (χ4v) is 4.40. The highest BCUT2D eigenvalue weighted by Gasteiger charge is 2.26. The van der Waals surface area contributed by atoms with E-state index in [1.54, 1.807) is 4.90 Å². The highest BCUT2D eigenvalue weighted by atomic mass is 16.2. The largest absolute Gasteiger partial charge is 0.347 e. The number of carbonyl (C=O) groups is 1. The van der Waals surface area contributed by atoms with Crippen molar-refractivity contribution < 1.29 is 4.79 Å². The molecule has 2 heterocycles. The minimum absolute atomic E-state index is 0.0460. The molecule has 1 N–H and O–H groups in total. The molecular formula is C24H27N3O2. The maximum absolute atomic E-state index is 13.3. The number of benzene rings is 2. The summed E-state index contributed by atoms with van der Waals surface area (Å²) in [6.07, 6.45) is 1.64. The van der Waals surface area contributed by atoms with Gasteiger partial charge in [0.25, 0.3) is 0 Å². The van der Waals surface area contributed by atoms with Gasteiger partial charge in [-0.25, -0.2) is 4.79 Å². The molecule has 0 saturated carbocycles. The summed E-state index contributed by atoms with van der Waals surface area (Å²) in [5.74, 6) is 0. The molecule has 1 aliphatic heterocycles. The van der Waals surface area contributed by atoms with Crippen molar-refractivity contribution in [3.63, 3.8) is 0 Å². The van der Waals surface area contributed by atoms with Gasteiger partial charge in [-0.3, -0.25) is 4.79 Å². The van der Waals surface area contributed by atoms with Crippen molar-refractivity contribution in [1.82, 2.24) is 9.47 Å². The van der Waals surface area contributed by atoms with Gasteiger partial charge in [0.15, 0.2) is 5.43 Å². The number of nitrogens with one attached hydrogen (secondary N) is 1. The number of pyridine rings is 1. The molecule has 0 fully saturated rings. The Hall–Kier alpha value is -3.08. The van der Waals surface area contributed by atoms with E-state index in [0.717, 1.165) is 45.4 Å². The van der Waals surface area contributed by atoms with E-state index in [2.05, 4.69) is 22.9 Å². The fourth-order valence-electron chi connectivity index (χ4n) is 4.40. The number of aromatic nitrogens is 1. The Balaban J connectivity index is 1.65. The number of nitrogens with zero attached hydrogens (tertiary/aromatic N) is 2. The lowest BCUT2D eigenvalue weighted by Crippen LogP contribution is -2.42. The minimum Gasteiger partial charge on any atom is -0.347 e. The number of anilines is 1. The number of urea groups is 1. The van der Waals surface area contributed by atoms with Gasteiger partial charge in [-0.2, -0.15) is 0 Å². The summed E-state index contributed by atoms with van der Waals surface area (Å²) in [6, 6.07) is 11.8. The van der Waals surface area contributed by atoms with Crippen LogP contribution >= 0.6 is 0 Å². The molecule has 1 aromatic heterocycles. The van der Waals surface area contributed by atoms with Crippen molar-refractivity contribution >= 4 is 22.6 Å². The summed E-state index contributed by atoms with van der Waals surface area (Å²) in [7, 11) is 2.02. The van der Waals surface area contributed by atoms with Crippen LogP contribution in [0.1, 0.15) is 34.9 Å². The molecule has 0 atom stereocenters. The third-order valence-corrected chi connectivity index (χ3v) is 5.92. The Labute approximate surface area is 171 Å². The van der Waals surface area contributed by atoms with Crippen molar-refractivity contribution in [3.05, 3.63) is 74.6 Å². The Morgan fingerprint density at radius 2 is 1.86 bits per heavy atom. The zero-order valence-electron chi connectivity index (χ0n) is 17.5. The number of rotatable bonds is 2. The van der Waals surface area contributed by atoms with Crippen LogP contribution in [0.5, 0.6) is 0 Å². The van der Waals surface area contributed by atoms with Crippen LogP contribution in [0.15, 0.2) is 41.2 Å². The number of aryl methyl sites for hydroxylation is 4. The van der Waals surface area contributed by atoms with E-state index in [1.165, 1.54) is 5.56 Å². The Bertz CT molecular complexity index is 1160. The molecule has 5 nitrogen and oxygen atoms in total. The summed E-state index contributed by atoms with van der Waals surface area (Å²) in [4.78, 5) is 27.8. The number of amides is 2. The van der Waals surface area contributed by atoms with Crippen LogP contribution in [0.4, 0.5) is 10.5 Å². The number of hydrogen-bond acceptors (Lipinski definition) is 2. The minimum atomic E-state index is -0.164. The normalized spacial score (nSPS) is 13.4. The van der Waals surface area contributed by atoms with Gasteiger partial charge in [0.2, 0.25) is 0 Å². The summed E-state index contributed by atoms with van der Waals surface area (Å²) in [5.41, 5.74) is 6.99. The molecule has 1 aliphatic rings. The van der Waals surface area contributed by atoms with Gasteiger partial charge in [0, 0.05) is 42.3 Å². The maximum atomic E-state index is 13.3. The van der Waals surface area contributed by atoms with Gasteiger partial charge in [-0.1, -0.05) is 25.1 Å². The number of carbonyl (C=O) groups excluding carboxylic acids is 1. The zero-order valence-corrected chi connectivity index (χ0v) is 17.5. The molecule has 0 aliphatic carbocycles. The highest BCUT2D eigenvalue weighted by molar-refractivity contribution is 5.90. The van der Waals surface area contributed by atoms with Gasteiger partial charge in [-0.05, 0) is 55.2 Å². The number of hydrogen-bond donors (Lipinski definition) is 1. The first-order chi connectivity index (χ1) is 13.9. The van der Waals surface area contributed by atoms with Gasteiger partial charge >= 0.3 is 6.03 Å². The molecule has 3 aromatic rings. The fraction of sp³-hybridized carbons (Fsp3) is 0.333. The lowest BCUT2D eigenvalue weighted by atomic mass is 9.98. The predicted octanol–water partition coefficient (Wildman–Crippen LogP) is 4.31. The molecular weight excluding hydrogens is 362 g/mol. The van der Waals surface area contributed by atoms with Crippen molar-refractivity contribution in [3.8, 4) is 0 Å². The number of fused-ring (bicyclic) bond motifs is 2. The van der Waals surface area contributed by atoms with E-state index in [4.69, 9.17) is 0 Å². The molecule has 5 heteroatoms. The third kappa shape index (κ3) is 3.41. The molecule has 150 valence electrons. The average Bonchev–Trinajstić information content (AvgIpc) is 2.71. The van der Waals surface area contributed by atoms with Crippen LogP contribution in [-0.2, 0) is 26.4 Å². The van der Waals surface area contributed by atoms with Crippen LogP contribution in [0, 0.1) is 13.8 Å². The molecule has 0 bridgehead atoms. The predicted molar refractivity (Wildman–Crippen MR) is 118 cm³/mol. The molecule has 29 heavy (non-hydrogen) atoms. The van der Waals surface area contributed by atoms with E-state index in [0.29, 0.717) is 19.5 Å². The maximum Gasteiger partial charge on any atom is 0.322 e. The summed E-state index contributed by atoms with van der Waals surface area (Å²) in [5, 5.41) is 3.70. The molecule has 0 spiro atoms. The summed E-state index contributed by atoms with van der Waals surface area (Å²) >= 11 is 0. The van der Waals surface area contributed by atoms with Crippen molar-refractivity contribution in [2.24, 2.45) is 7.05 Å². The standard InChI is InChI=1S/C24H27N3O2/c1-5-17-6-8-18(9-7-17)25-24(29)27-11-10-21-20(14-27)23(28)19-13-15(2)12-16(3)22(19)26(21)4/h6-9,12-13H,5,10-11,14H2,1-4H3,(H,25,29). The molecule has 0 radical (unpaired) electrons. The lowest BCUT2D eigenvalue weighted by Gasteiger charge is -2.30. The quantitative estimate of drug-likeness (QED) is 0.710. The molecule has 2 amide bonds. The topological polar surface area (TPSA) is 54.3 Å². The first-order valence-corrected chi connectivity index (χ1v) is 10.2. The van der Waals surface area contributed by atoms with Gasteiger partial charge in [0.1, 0.15) is 0 Å². The first kappa shape index (κ1) is 19.2. The Morgan fingerprint density at radius 3 is 2.55 bits per heavy atom. The second-order valence-corrected chi connectivity index (χ2v) is 7.94. The molecule has 4 rings (SSSR count). The second kappa shape index (κ2) is 7.39. The molecule has 0 saturated heterocycles. The van der Waals surface area contributed by atoms with Crippen LogP contribution in [0.3, 0.4) is 0 Å². The first-order valence-electron chi connectivity index (χ1n) is 10.2. The average molecular weight is 389 g/mol. The second-order valence-electron chi connectivity index (χ2n) is 7.94. The van der Waals surface area contributed by atoms with Gasteiger partial charge < -0.3 is 14.8 Å². The van der Waals surface area contributed by atoms with Crippen molar-refractivity contribution in [2.45, 2.75) is 40.2 Å². The highest BCUT2D eigenvalue weighted by Crippen LogP contribution is 2.24. The van der Waals surface area contributed by atoms with E-state index in [-0.39, 0.29) is 11.5 Å². The Kier molecular flexibility index (Phi) is 4.91. The smallest absolute Gasteiger partial charge is 0.322 e. The molecule has 0 unspecified atom stereocenters. The van der Waals surface area contributed by atoms with Crippen LogP contribution < -0.4 is 10.7 Å². The monoisotopic (exact) mass is 389 g/mol. The van der Waals surface area contributed by atoms with Crippen LogP contribution in [-0.4, -0.2) is 22.0 Å². The Morgan fingerprint density at radius 1 is 1.14 bits per heavy atom. The van der Waals surface area contributed by atoms with Gasteiger partial charge in [0.05, 0.1) is 12.1 Å². The SMILES string of the molecule is CCc1ccc(NC(=O)N2CCc3c(c(=O)c4cc(C)cc(C)c4n3C)C2)cc1. The van der Waals surface area contributed by atoms with E-state index in [1.807, 2.05) is 51.2 Å².